The van der Waals surface area contributed by atoms with Crippen LogP contribution >= 0.6 is 0 Å². The number of carbonyl (C=O) groups is 2. The molecule has 0 spiro atoms. The molecule has 6 heteroatoms. The van der Waals surface area contributed by atoms with E-state index < -0.39 is 0 Å². The van der Waals surface area contributed by atoms with E-state index in [0.29, 0.717) is 12.8 Å². The summed E-state index contributed by atoms with van der Waals surface area (Å²) >= 11 is 0. The monoisotopic (exact) mass is 498 g/mol. The number of carbonyl (C=O) groups excluding carboxylic acids is 2. The Balaban J connectivity index is 3.75. The summed E-state index contributed by atoms with van der Waals surface area (Å²) in [6, 6.07) is 0. The minimum absolute atomic E-state index is 0.0248. The van der Waals surface area contributed by atoms with Crippen LogP contribution in [0.15, 0.2) is 0 Å². The Kier molecular flexibility index (Phi) is 23.8. The van der Waals surface area contributed by atoms with Gasteiger partial charge in [-0.25, -0.2) is 0 Å². The second-order valence-corrected chi connectivity index (χ2v) is 10.2. The average molecular weight is 499 g/mol. The molecule has 0 radical (unpaired) electrons. The summed E-state index contributed by atoms with van der Waals surface area (Å²) in [5, 5.41) is 9.37. The first-order valence-corrected chi connectivity index (χ1v) is 14.7. The zero-order valence-corrected chi connectivity index (χ0v) is 23.7. The van der Waals surface area contributed by atoms with Crippen molar-refractivity contribution in [3.63, 3.8) is 0 Å². The highest BCUT2D eigenvalue weighted by atomic mass is 16.5. The van der Waals surface area contributed by atoms with Crippen molar-refractivity contribution in [2.24, 2.45) is 0 Å². The van der Waals surface area contributed by atoms with Crippen LogP contribution < -0.4 is 0 Å². The van der Waals surface area contributed by atoms with Gasteiger partial charge in [0.25, 0.3) is 0 Å². The quantitative estimate of drug-likeness (QED) is 0.117. The summed E-state index contributed by atoms with van der Waals surface area (Å²) in [7, 11) is 1.94. The van der Waals surface area contributed by atoms with Crippen molar-refractivity contribution < 1.29 is 19.4 Å². The molecular formula is C29H58N2O4. The van der Waals surface area contributed by atoms with E-state index in [1.807, 2.05) is 25.8 Å². The van der Waals surface area contributed by atoms with Crippen LogP contribution in [0.4, 0.5) is 0 Å². The van der Waals surface area contributed by atoms with Gasteiger partial charge >= 0.3 is 5.97 Å². The van der Waals surface area contributed by atoms with E-state index in [0.717, 1.165) is 90.4 Å². The molecule has 0 fully saturated rings. The topological polar surface area (TPSA) is 70.1 Å². The van der Waals surface area contributed by atoms with Gasteiger partial charge in [-0.2, -0.15) is 0 Å². The highest BCUT2D eigenvalue weighted by Crippen LogP contribution is 2.10. The fourth-order valence-corrected chi connectivity index (χ4v) is 4.21. The molecule has 0 bridgehead atoms. The minimum atomic E-state index is -0.0698. The molecule has 0 aromatic carbocycles. The maximum absolute atomic E-state index is 12.3. The van der Waals surface area contributed by atoms with Crippen molar-refractivity contribution in [2.75, 3.05) is 39.8 Å². The maximum atomic E-state index is 12.3. The standard InChI is InChI=1S/C29H58N2O4/c1-5-7-8-9-12-17-22-30(4)28(33)20-15-14-19-24-31(25-26-32)23-18-13-10-11-16-21-29(34)35-27(3)6-2/h27,32H,5-26H2,1-4H3. The number of ether oxygens (including phenoxy) is 1. The number of hydrogen-bond acceptors (Lipinski definition) is 5. The van der Waals surface area contributed by atoms with E-state index in [4.69, 9.17) is 4.74 Å². The van der Waals surface area contributed by atoms with E-state index in [1.165, 1.54) is 32.1 Å². The van der Waals surface area contributed by atoms with Gasteiger partial charge in [0.05, 0.1) is 12.7 Å². The molecule has 1 atom stereocenters. The van der Waals surface area contributed by atoms with Gasteiger partial charge in [0.1, 0.15) is 0 Å². The zero-order valence-electron chi connectivity index (χ0n) is 23.7. The Bertz CT molecular complexity index is 501. The molecule has 0 aliphatic carbocycles. The average Bonchev–Trinajstić information content (AvgIpc) is 2.84. The fraction of sp³-hybridized carbons (Fsp3) is 0.931. The largest absolute Gasteiger partial charge is 0.463 e. The highest BCUT2D eigenvalue weighted by molar-refractivity contribution is 5.75. The molecule has 0 aliphatic heterocycles. The first kappa shape index (κ1) is 33.9. The van der Waals surface area contributed by atoms with Gasteiger partial charge in [-0.05, 0) is 58.5 Å². The molecule has 1 amide bonds. The third-order valence-corrected chi connectivity index (χ3v) is 6.82. The number of unbranched alkanes of at least 4 members (excludes halogenated alkanes) is 11. The Morgan fingerprint density at radius 3 is 1.83 bits per heavy atom. The van der Waals surface area contributed by atoms with Crippen molar-refractivity contribution in [1.82, 2.24) is 9.80 Å². The zero-order chi connectivity index (χ0) is 26.2. The van der Waals surface area contributed by atoms with Crippen LogP contribution in [0.1, 0.15) is 130 Å². The van der Waals surface area contributed by atoms with Crippen molar-refractivity contribution in [1.29, 1.82) is 0 Å². The van der Waals surface area contributed by atoms with Crippen LogP contribution in [0.2, 0.25) is 0 Å². The summed E-state index contributed by atoms with van der Waals surface area (Å²) in [5.74, 6) is 0.207. The molecular weight excluding hydrogens is 440 g/mol. The number of nitrogens with zero attached hydrogens (tertiary/aromatic N) is 2. The van der Waals surface area contributed by atoms with Crippen molar-refractivity contribution >= 4 is 11.9 Å². The van der Waals surface area contributed by atoms with Crippen LogP contribution in [0.3, 0.4) is 0 Å². The Labute approximate surface area is 217 Å². The lowest BCUT2D eigenvalue weighted by Crippen LogP contribution is -2.29. The molecule has 0 aliphatic rings. The predicted molar refractivity (Wildman–Crippen MR) is 147 cm³/mol. The van der Waals surface area contributed by atoms with Gasteiger partial charge in [-0.15, -0.1) is 0 Å². The van der Waals surface area contributed by atoms with Gasteiger partial charge in [-0.3, -0.25) is 9.59 Å². The van der Waals surface area contributed by atoms with E-state index in [1.54, 1.807) is 0 Å². The first-order valence-electron chi connectivity index (χ1n) is 14.7. The number of amides is 1. The van der Waals surface area contributed by atoms with Crippen LogP contribution in [0.5, 0.6) is 0 Å². The van der Waals surface area contributed by atoms with E-state index in [-0.39, 0.29) is 24.6 Å². The molecule has 0 heterocycles. The van der Waals surface area contributed by atoms with Crippen LogP contribution in [0.25, 0.3) is 0 Å². The summed E-state index contributed by atoms with van der Waals surface area (Å²) in [5.41, 5.74) is 0. The van der Waals surface area contributed by atoms with Gasteiger partial charge in [0.2, 0.25) is 5.91 Å². The van der Waals surface area contributed by atoms with E-state index >= 15 is 0 Å². The number of aliphatic hydroxyl groups is 1. The number of esters is 1. The summed E-state index contributed by atoms with van der Waals surface area (Å²) in [6.07, 6.45) is 18.1. The van der Waals surface area contributed by atoms with Gasteiger partial charge < -0.3 is 19.6 Å². The third-order valence-electron chi connectivity index (χ3n) is 6.82. The third kappa shape index (κ3) is 21.8. The normalized spacial score (nSPS) is 12.2. The van der Waals surface area contributed by atoms with E-state index in [9.17, 15) is 14.7 Å². The number of aliphatic hydroxyl groups excluding tert-OH is 1. The molecule has 1 unspecified atom stereocenters. The Morgan fingerprint density at radius 2 is 1.23 bits per heavy atom. The van der Waals surface area contributed by atoms with Crippen molar-refractivity contribution in [3.8, 4) is 0 Å². The van der Waals surface area contributed by atoms with E-state index in [2.05, 4.69) is 11.8 Å². The molecule has 1 N–H and O–H groups in total. The molecule has 0 aromatic rings. The molecule has 0 aromatic heterocycles. The SMILES string of the molecule is CCCCCCCCN(C)C(=O)CCCCCN(CCO)CCCCCCCC(=O)OC(C)CC. The maximum Gasteiger partial charge on any atom is 0.306 e. The molecule has 0 saturated carbocycles. The molecule has 35 heavy (non-hydrogen) atoms. The molecule has 0 rings (SSSR count). The lowest BCUT2D eigenvalue weighted by molar-refractivity contribution is -0.148. The lowest BCUT2D eigenvalue weighted by atomic mass is 10.1. The van der Waals surface area contributed by atoms with Crippen molar-refractivity contribution in [3.05, 3.63) is 0 Å². The van der Waals surface area contributed by atoms with Crippen LogP contribution in [-0.4, -0.2) is 72.7 Å². The fourth-order valence-electron chi connectivity index (χ4n) is 4.21. The minimum Gasteiger partial charge on any atom is -0.463 e. The summed E-state index contributed by atoms with van der Waals surface area (Å²) in [4.78, 5) is 28.3. The highest BCUT2D eigenvalue weighted by Gasteiger charge is 2.09. The second kappa shape index (κ2) is 24.5. The summed E-state index contributed by atoms with van der Waals surface area (Å²) < 4.78 is 5.31. The molecule has 6 nitrogen and oxygen atoms in total. The predicted octanol–water partition coefficient (Wildman–Crippen LogP) is 6.34. The van der Waals surface area contributed by atoms with Gasteiger partial charge in [0.15, 0.2) is 0 Å². The molecule has 208 valence electrons. The van der Waals surface area contributed by atoms with Crippen molar-refractivity contribution in [2.45, 2.75) is 136 Å². The van der Waals surface area contributed by atoms with Crippen LogP contribution in [-0.2, 0) is 14.3 Å². The summed E-state index contributed by atoms with van der Waals surface area (Å²) in [6.45, 7) is 10.00. The lowest BCUT2D eigenvalue weighted by Gasteiger charge is -2.21. The smallest absolute Gasteiger partial charge is 0.306 e. The second-order valence-electron chi connectivity index (χ2n) is 10.2. The number of rotatable bonds is 25. The Hall–Kier alpha value is -1.14. The Morgan fingerprint density at radius 1 is 0.714 bits per heavy atom. The van der Waals surface area contributed by atoms with Gasteiger partial charge in [0, 0.05) is 33.0 Å². The molecule has 0 saturated heterocycles. The first-order chi connectivity index (χ1) is 16.9. The van der Waals surface area contributed by atoms with Crippen LogP contribution in [0, 0.1) is 0 Å². The number of hydrogen-bond donors (Lipinski definition) is 1. The van der Waals surface area contributed by atoms with Gasteiger partial charge in [-0.1, -0.05) is 71.6 Å².